The number of carbonyl (C=O) groups excluding carboxylic acids is 2. The van der Waals surface area contributed by atoms with Crippen molar-refractivity contribution >= 4 is 29.2 Å². The number of nitrogens with zero attached hydrogens (tertiary/aromatic N) is 6. The van der Waals surface area contributed by atoms with Crippen molar-refractivity contribution in [3.8, 4) is 0 Å². The van der Waals surface area contributed by atoms with E-state index in [9.17, 15) is 14.0 Å². The fraction of sp³-hybridized carbons (Fsp3) is 0.524. The minimum atomic E-state index is -0.361. The fourth-order valence-electron chi connectivity index (χ4n) is 4.31. The highest BCUT2D eigenvalue weighted by atomic mass is 19.1. The molecule has 1 saturated heterocycles. The molecule has 10 heteroatoms. The predicted molar refractivity (Wildman–Crippen MR) is 116 cm³/mol. The fourth-order valence-corrected chi connectivity index (χ4v) is 4.31. The van der Waals surface area contributed by atoms with Gasteiger partial charge in [0.1, 0.15) is 11.9 Å². The van der Waals surface area contributed by atoms with Gasteiger partial charge in [-0.1, -0.05) is 0 Å². The summed E-state index contributed by atoms with van der Waals surface area (Å²) < 4.78 is 13.0. The number of anilines is 1. The molecule has 1 aromatic rings. The molecule has 31 heavy (non-hydrogen) atoms. The van der Waals surface area contributed by atoms with Crippen LogP contribution < -0.4 is 5.32 Å². The molecule has 2 amide bonds. The number of nitrogens with one attached hydrogen (secondary N) is 1. The van der Waals surface area contributed by atoms with Gasteiger partial charge in [0, 0.05) is 45.5 Å². The quantitative estimate of drug-likeness (QED) is 0.760. The topological polar surface area (TPSA) is 83.8 Å². The Morgan fingerprint density at radius 2 is 1.87 bits per heavy atom. The molecular formula is C21H28FN7O2. The van der Waals surface area contributed by atoms with E-state index < -0.39 is 0 Å². The van der Waals surface area contributed by atoms with Crippen molar-refractivity contribution in [2.75, 3.05) is 51.6 Å². The summed E-state index contributed by atoms with van der Waals surface area (Å²) in [5, 5.41) is 8.92. The number of rotatable bonds is 4. The summed E-state index contributed by atoms with van der Waals surface area (Å²) in [6.07, 6.45) is 0. The third-order valence-electron chi connectivity index (χ3n) is 5.93. The highest BCUT2D eigenvalue weighted by Crippen LogP contribution is 2.25. The summed E-state index contributed by atoms with van der Waals surface area (Å²) in [5.41, 5.74) is 1.43. The first-order chi connectivity index (χ1) is 14.9. The molecule has 0 unspecified atom stereocenters. The van der Waals surface area contributed by atoms with Crippen LogP contribution in [0, 0.1) is 5.82 Å². The molecule has 0 bridgehead atoms. The van der Waals surface area contributed by atoms with Crippen LogP contribution in [0.4, 0.5) is 10.1 Å². The summed E-state index contributed by atoms with van der Waals surface area (Å²) in [7, 11) is 1.82. The standard InChI is InChI=1S/C21H28FN7O2/c1-4-29-20(31)19-18(14(2)25-26(19)3)24-21(29)28-11-9-27(10-12-28)13-17(30)23-16-7-5-15(22)6-8-16/h5-8,18-19H,4,9-13H2,1-3H3,(H,23,30)/t18-,19-/m1/s1. The van der Waals surface area contributed by atoms with Crippen LogP contribution in [0.2, 0.25) is 0 Å². The van der Waals surface area contributed by atoms with E-state index in [1.807, 2.05) is 20.9 Å². The van der Waals surface area contributed by atoms with Crippen LogP contribution >= 0.6 is 0 Å². The van der Waals surface area contributed by atoms with E-state index in [2.05, 4.69) is 20.2 Å². The molecule has 3 heterocycles. The smallest absolute Gasteiger partial charge is 0.256 e. The molecule has 3 aliphatic rings. The lowest BCUT2D eigenvalue weighted by Crippen LogP contribution is -2.62. The molecule has 4 rings (SSSR count). The Balaban J connectivity index is 1.36. The largest absolute Gasteiger partial charge is 0.340 e. The maximum Gasteiger partial charge on any atom is 0.256 e. The summed E-state index contributed by atoms with van der Waals surface area (Å²) in [6.45, 7) is 7.39. The van der Waals surface area contributed by atoms with Crippen LogP contribution in [0.15, 0.2) is 34.4 Å². The lowest BCUT2D eigenvalue weighted by molar-refractivity contribution is -0.133. The van der Waals surface area contributed by atoms with Crippen LogP contribution in [-0.4, -0.2) is 102 Å². The number of amides is 2. The average molecular weight is 430 g/mol. The molecular weight excluding hydrogens is 401 g/mol. The Labute approximate surface area is 181 Å². The number of aliphatic imine (C=N–C) groups is 1. The number of fused-ring (bicyclic) bond motifs is 1. The van der Waals surface area contributed by atoms with Gasteiger partial charge in [-0.15, -0.1) is 0 Å². The Kier molecular flexibility index (Phi) is 5.90. The van der Waals surface area contributed by atoms with Crippen molar-refractivity contribution in [3.05, 3.63) is 30.1 Å². The number of piperazine rings is 1. The number of halogens is 1. The molecule has 0 aromatic heterocycles. The Morgan fingerprint density at radius 1 is 1.19 bits per heavy atom. The van der Waals surface area contributed by atoms with E-state index in [-0.39, 0.29) is 36.3 Å². The molecule has 0 spiro atoms. The normalized spacial score (nSPS) is 24.1. The minimum Gasteiger partial charge on any atom is -0.340 e. The zero-order chi connectivity index (χ0) is 22.1. The van der Waals surface area contributed by atoms with Crippen molar-refractivity contribution in [3.63, 3.8) is 0 Å². The van der Waals surface area contributed by atoms with Crippen LogP contribution in [0.25, 0.3) is 0 Å². The number of hydrogen-bond donors (Lipinski definition) is 1. The van der Waals surface area contributed by atoms with Crippen molar-refractivity contribution < 1.29 is 14.0 Å². The van der Waals surface area contributed by atoms with Gasteiger partial charge < -0.3 is 10.2 Å². The minimum absolute atomic E-state index is 0.0294. The average Bonchev–Trinajstić information content (AvgIpc) is 3.04. The number of benzene rings is 1. The van der Waals surface area contributed by atoms with E-state index in [4.69, 9.17) is 4.99 Å². The second kappa shape index (κ2) is 8.62. The summed E-state index contributed by atoms with van der Waals surface area (Å²) >= 11 is 0. The van der Waals surface area contributed by atoms with Crippen molar-refractivity contribution in [1.29, 1.82) is 0 Å². The molecule has 3 aliphatic heterocycles. The monoisotopic (exact) mass is 429 g/mol. The molecule has 1 N–H and O–H groups in total. The second-order valence-corrected chi connectivity index (χ2v) is 8.03. The molecule has 1 fully saturated rings. The van der Waals surface area contributed by atoms with E-state index in [0.717, 1.165) is 5.71 Å². The maximum atomic E-state index is 13.1. The van der Waals surface area contributed by atoms with E-state index in [1.165, 1.54) is 12.1 Å². The number of carbonyl (C=O) groups is 2. The summed E-state index contributed by atoms with van der Waals surface area (Å²) in [4.78, 5) is 36.2. The van der Waals surface area contributed by atoms with Crippen molar-refractivity contribution in [1.82, 2.24) is 19.7 Å². The third kappa shape index (κ3) is 4.25. The molecule has 1 aromatic carbocycles. The molecule has 9 nitrogen and oxygen atoms in total. The summed E-state index contributed by atoms with van der Waals surface area (Å²) in [5.74, 6) is 0.260. The lowest BCUT2D eigenvalue weighted by atomic mass is 10.0. The zero-order valence-corrected chi connectivity index (χ0v) is 18.1. The lowest BCUT2D eigenvalue weighted by Gasteiger charge is -2.42. The van der Waals surface area contributed by atoms with E-state index in [1.54, 1.807) is 22.0 Å². The second-order valence-electron chi connectivity index (χ2n) is 8.03. The van der Waals surface area contributed by atoms with Crippen LogP contribution in [0.5, 0.6) is 0 Å². The number of guanidine groups is 1. The Hall–Kier alpha value is -3.01. The van der Waals surface area contributed by atoms with E-state index >= 15 is 0 Å². The molecule has 2 atom stereocenters. The van der Waals surface area contributed by atoms with Gasteiger partial charge >= 0.3 is 0 Å². The number of likely N-dealkylation sites (N-methyl/N-ethyl adjacent to an activating group) is 2. The molecule has 0 aliphatic carbocycles. The van der Waals surface area contributed by atoms with Gasteiger partial charge in [-0.3, -0.25) is 24.4 Å². The van der Waals surface area contributed by atoms with Crippen LogP contribution in [-0.2, 0) is 9.59 Å². The highest BCUT2D eigenvalue weighted by molar-refractivity contribution is 6.08. The van der Waals surface area contributed by atoms with E-state index in [0.29, 0.717) is 44.4 Å². The molecule has 0 saturated carbocycles. The van der Waals surface area contributed by atoms with Gasteiger partial charge in [0.15, 0.2) is 6.04 Å². The van der Waals surface area contributed by atoms with Gasteiger partial charge in [-0.25, -0.2) is 9.38 Å². The van der Waals surface area contributed by atoms with Gasteiger partial charge in [0.25, 0.3) is 5.91 Å². The predicted octanol–water partition coefficient (Wildman–Crippen LogP) is 0.658. The maximum absolute atomic E-state index is 13.1. The summed E-state index contributed by atoms with van der Waals surface area (Å²) in [6, 6.07) is 5.12. The van der Waals surface area contributed by atoms with Crippen molar-refractivity contribution in [2.45, 2.75) is 25.9 Å². The SMILES string of the molecule is CCN1C(=O)[C@H]2[C@H](N=C1N1CCN(CC(=O)Nc3ccc(F)cc3)CC1)C(C)=NN2C. The first kappa shape index (κ1) is 21.2. The Bertz CT molecular complexity index is 909. The number of hydrazone groups is 1. The van der Waals surface area contributed by atoms with Crippen LogP contribution in [0.3, 0.4) is 0 Å². The van der Waals surface area contributed by atoms with Crippen molar-refractivity contribution in [2.24, 2.45) is 10.1 Å². The molecule has 166 valence electrons. The zero-order valence-electron chi connectivity index (χ0n) is 18.1. The van der Waals surface area contributed by atoms with Gasteiger partial charge in [-0.2, -0.15) is 5.10 Å². The van der Waals surface area contributed by atoms with Crippen LogP contribution in [0.1, 0.15) is 13.8 Å². The molecule has 0 radical (unpaired) electrons. The first-order valence-electron chi connectivity index (χ1n) is 10.6. The van der Waals surface area contributed by atoms with Gasteiger partial charge in [0.05, 0.1) is 12.3 Å². The Morgan fingerprint density at radius 3 is 2.52 bits per heavy atom. The van der Waals surface area contributed by atoms with Gasteiger partial charge in [-0.05, 0) is 38.1 Å². The van der Waals surface area contributed by atoms with Gasteiger partial charge in [0.2, 0.25) is 11.9 Å². The third-order valence-corrected chi connectivity index (χ3v) is 5.93. The number of hydrogen-bond acceptors (Lipinski definition) is 7. The first-order valence-corrected chi connectivity index (χ1v) is 10.6. The highest BCUT2D eigenvalue weighted by Gasteiger charge is 2.46.